The van der Waals surface area contributed by atoms with Crippen molar-refractivity contribution >= 4 is 22.7 Å². The van der Waals surface area contributed by atoms with Gasteiger partial charge in [-0.3, -0.25) is 9.59 Å². The van der Waals surface area contributed by atoms with Gasteiger partial charge >= 0.3 is 0 Å². The van der Waals surface area contributed by atoms with Gasteiger partial charge < -0.3 is 15.2 Å². The third-order valence-electron chi connectivity index (χ3n) is 6.16. The molecule has 3 atom stereocenters. The first-order valence-corrected chi connectivity index (χ1v) is 9.91. The Morgan fingerprint density at radius 1 is 1.21 bits per heavy atom. The number of amides is 2. The molecule has 3 aromatic rings. The van der Waals surface area contributed by atoms with Crippen LogP contribution < -0.4 is 5.32 Å². The summed E-state index contributed by atoms with van der Waals surface area (Å²) < 4.78 is 0. The molecule has 0 aliphatic carbocycles. The van der Waals surface area contributed by atoms with Gasteiger partial charge in [0.05, 0.1) is 6.04 Å². The smallest absolute Gasteiger partial charge is 0.255 e. The van der Waals surface area contributed by atoms with Crippen LogP contribution in [0.1, 0.15) is 53.5 Å². The van der Waals surface area contributed by atoms with Gasteiger partial charge in [-0.2, -0.15) is 0 Å². The normalized spacial score (nSPS) is 21.2. The van der Waals surface area contributed by atoms with E-state index in [1.165, 1.54) is 0 Å². The molecule has 1 aromatic heterocycles. The molecule has 0 bridgehead atoms. The topological polar surface area (TPSA) is 65.2 Å². The zero-order valence-corrected chi connectivity index (χ0v) is 16.0. The van der Waals surface area contributed by atoms with Gasteiger partial charge in [0, 0.05) is 34.6 Å². The fraction of sp³-hybridized carbons (Fsp3) is 0.304. The van der Waals surface area contributed by atoms with Crippen LogP contribution in [-0.2, 0) is 11.2 Å². The van der Waals surface area contributed by atoms with Crippen LogP contribution in [0.4, 0.5) is 0 Å². The SMILES string of the molecule is CC[C@H](C)NC(=O)[C@@H]1Cc2c([nH]c3ccccc23)[C@H]2c3ccccc3C(=O)N21. The molecule has 0 fully saturated rings. The van der Waals surface area contributed by atoms with Crippen LogP contribution in [0.15, 0.2) is 48.5 Å². The zero-order chi connectivity index (χ0) is 19.4. The molecule has 0 saturated carbocycles. The number of H-pyrrole nitrogens is 1. The van der Waals surface area contributed by atoms with Gasteiger partial charge in [-0.15, -0.1) is 0 Å². The summed E-state index contributed by atoms with van der Waals surface area (Å²) in [5.41, 5.74) is 4.90. The van der Waals surface area contributed by atoms with E-state index >= 15 is 0 Å². The minimum Gasteiger partial charge on any atom is -0.356 e. The Kier molecular flexibility index (Phi) is 3.79. The summed E-state index contributed by atoms with van der Waals surface area (Å²) >= 11 is 0. The second-order valence-electron chi connectivity index (χ2n) is 7.80. The van der Waals surface area contributed by atoms with Crippen LogP contribution in [-0.4, -0.2) is 33.8 Å². The first-order chi connectivity index (χ1) is 13.6. The van der Waals surface area contributed by atoms with Gasteiger partial charge in [-0.25, -0.2) is 0 Å². The van der Waals surface area contributed by atoms with Gasteiger partial charge in [0.2, 0.25) is 5.91 Å². The number of benzene rings is 2. The molecule has 3 heterocycles. The largest absolute Gasteiger partial charge is 0.356 e. The number of carbonyl (C=O) groups is 2. The number of aromatic amines is 1. The minimum absolute atomic E-state index is 0.0609. The van der Waals surface area contributed by atoms with Crippen LogP contribution in [0.5, 0.6) is 0 Å². The maximum atomic E-state index is 13.3. The second-order valence-corrected chi connectivity index (χ2v) is 7.80. The van der Waals surface area contributed by atoms with Gasteiger partial charge in [0.15, 0.2) is 0 Å². The number of aromatic nitrogens is 1. The van der Waals surface area contributed by atoms with E-state index in [1.807, 2.05) is 50.2 Å². The predicted molar refractivity (Wildman–Crippen MR) is 108 cm³/mol. The van der Waals surface area contributed by atoms with Crippen molar-refractivity contribution in [3.63, 3.8) is 0 Å². The molecule has 28 heavy (non-hydrogen) atoms. The van der Waals surface area contributed by atoms with E-state index in [-0.39, 0.29) is 23.9 Å². The van der Waals surface area contributed by atoms with Crippen molar-refractivity contribution in [3.05, 3.63) is 70.9 Å². The number of nitrogens with zero attached hydrogens (tertiary/aromatic N) is 1. The number of fused-ring (bicyclic) bond motifs is 7. The summed E-state index contributed by atoms with van der Waals surface area (Å²) in [6.07, 6.45) is 1.38. The van der Waals surface area contributed by atoms with Crippen molar-refractivity contribution in [1.29, 1.82) is 0 Å². The van der Waals surface area contributed by atoms with Gasteiger partial charge in [-0.1, -0.05) is 43.3 Å². The highest BCUT2D eigenvalue weighted by Gasteiger charge is 2.48. The lowest BCUT2D eigenvalue weighted by Crippen LogP contribution is -2.53. The zero-order valence-electron chi connectivity index (χ0n) is 16.0. The lowest BCUT2D eigenvalue weighted by Gasteiger charge is -2.37. The number of hydrogen-bond acceptors (Lipinski definition) is 2. The van der Waals surface area contributed by atoms with Gasteiger partial charge in [0.25, 0.3) is 5.91 Å². The number of para-hydroxylation sites is 1. The van der Waals surface area contributed by atoms with Crippen molar-refractivity contribution in [1.82, 2.24) is 15.2 Å². The molecule has 0 saturated heterocycles. The lowest BCUT2D eigenvalue weighted by atomic mass is 9.90. The third-order valence-corrected chi connectivity index (χ3v) is 6.16. The molecule has 5 heteroatoms. The molecular weight excluding hydrogens is 350 g/mol. The minimum atomic E-state index is -0.509. The Balaban J connectivity index is 1.69. The first-order valence-electron chi connectivity index (χ1n) is 9.91. The molecule has 142 valence electrons. The molecule has 0 spiro atoms. The van der Waals surface area contributed by atoms with Gasteiger partial charge in [0.1, 0.15) is 6.04 Å². The van der Waals surface area contributed by atoms with Crippen LogP contribution >= 0.6 is 0 Å². The van der Waals surface area contributed by atoms with Crippen LogP contribution in [0.3, 0.4) is 0 Å². The first kappa shape index (κ1) is 17.0. The van der Waals surface area contributed by atoms with Crippen molar-refractivity contribution in [2.45, 2.75) is 44.8 Å². The van der Waals surface area contributed by atoms with E-state index in [2.05, 4.69) is 22.4 Å². The second kappa shape index (κ2) is 6.23. The molecule has 5 rings (SSSR count). The van der Waals surface area contributed by atoms with Gasteiger partial charge in [-0.05, 0) is 36.6 Å². The van der Waals surface area contributed by atoms with Crippen LogP contribution in [0, 0.1) is 0 Å². The molecule has 2 aromatic carbocycles. The lowest BCUT2D eigenvalue weighted by molar-refractivity contribution is -0.127. The third kappa shape index (κ3) is 2.32. The molecule has 2 N–H and O–H groups in total. The molecule has 0 radical (unpaired) electrons. The number of rotatable bonds is 3. The van der Waals surface area contributed by atoms with E-state index in [1.54, 1.807) is 4.90 Å². The van der Waals surface area contributed by atoms with Crippen molar-refractivity contribution in [2.24, 2.45) is 0 Å². The summed E-state index contributed by atoms with van der Waals surface area (Å²) in [5, 5.41) is 4.22. The Hall–Kier alpha value is -3.08. The predicted octanol–water partition coefficient (Wildman–Crippen LogP) is 3.55. The fourth-order valence-electron chi connectivity index (χ4n) is 4.58. The molecule has 5 nitrogen and oxygen atoms in total. The van der Waals surface area contributed by atoms with Crippen LogP contribution in [0.25, 0.3) is 10.9 Å². The Labute approximate surface area is 163 Å². The number of hydrogen-bond donors (Lipinski definition) is 2. The molecule has 2 aliphatic heterocycles. The van der Waals surface area contributed by atoms with Crippen LogP contribution in [0.2, 0.25) is 0 Å². The van der Waals surface area contributed by atoms with Crippen molar-refractivity contribution in [3.8, 4) is 0 Å². The average molecular weight is 373 g/mol. The Morgan fingerprint density at radius 3 is 2.79 bits per heavy atom. The molecule has 2 amide bonds. The molecule has 0 unspecified atom stereocenters. The quantitative estimate of drug-likeness (QED) is 0.737. The highest BCUT2D eigenvalue weighted by Crippen LogP contribution is 2.46. The maximum absolute atomic E-state index is 13.3. The Bertz CT molecular complexity index is 1100. The summed E-state index contributed by atoms with van der Waals surface area (Å²) in [6, 6.07) is 15.2. The Morgan fingerprint density at radius 2 is 1.96 bits per heavy atom. The summed E-state index contributed by atoms with van der Waals surface area (Å²) in [7, 11) is 0. The van der Waals surface area contributed by atoms with E-state index < -0.39 is 6.04 Å². The van der Waals surface area contributed by atoms with Crippen molar-refractivity contribution < 1.29 is 9.59 Å². The fourth-order valence-corrected chi connectivity index (χ4v) is 4.58. The number of nitrogens with one attached hydrogen (secondary N) is 2. The monoisotopic (exact) mass is 373 g/mol. The average Bonchev–Trinajstić information content (AvgIpc) is 3.23. The van der Waals surface area contributed by atoms with E-state index in [0.717, 1.165) is 34.1 Å². The van der Waals surface area contributed by atoms with Crippen molar-refractivity contribution in [2.75, 3.05) is 0 Å². The van der Waals surface area contributed by atoms with E-state index in [4.69, 9.17) is 0 Å². The molecular formula is C23H23N3O2. The van der Waals surface area contributed by atoms with E-state index in [0.29, 0.717) is 12.0 Å². The molecule has 2 aliphatic rings. The van der Waals surface area contributed by atoms with E-state index in [9.17, 15) is 9.59 Å². The summed E-state index contributed by atoms with van der Waals surface area (Å²) in [6.45, 7) is 4.04. The maximum Gasteiger partial charge on any atom is 0.255 e. The highest BCUT2D eigenvalue weighted by atomic mass is 16.2. The number of carbonyl (C=O) groups excluding carboxylic acids is 2. The highest BCUT2D eigenvalue weighted by molar-refractivity contribution is 6.03. The summed E-state index contributed by atoms with van der Waals surface area (Å²) in [4.78, 5) is 31.7. The summed E-state index contributed by atoms with van der Waals surface area (Å²) in [5.74, 6) is -0.134. The standard InChI is InChI=1S/C23H23N3O2/c1-3-13(2)24-22(27)19-12-17-14-8-6-7-11-18(14)25-20(17)21-15-9-4-5-10-16(15)23(28)26(19)21/h4-11,13,19,21,25H,3,12H2,1-2H3,(H,24,27)/t13-,19-,21+/m0/s1.